The first-order valence-corrected chi connectivity index (χ1v) is 17.8. The molecule has 0 bridgehead atoms. The van der Waals surface area contributed by atoms with Gasteiger partial charge in [0.1, 0.15) is 5.84 Å². The van der Waals surface area contributed by atoms with Crippen LogP contribution in [-0.4, -0.2) is 10.4 Å². The number of hydrogen-bond acceptors (Lipinski definition) is 1. The summed E-state index contributed by atoms with van der Waals surface area (Å²) in [4.78, 5) is 5.03. The maximum Gasteiger partial charge on any atom is 0.131 e. The zero-order valence-corrected chi connectivity index (χ0v) is 29.0. The lowest BCUT2D eigenvalue weighted by atomic mass is 9.84. The van der Waals surface area contributed by atoms with Gasteiger partial charge in [-0.3, -0.25) is 0 Å². The molecule has 51 heavy (non-hydrogen) atoms. The van der Waals surface area contributed by atoms with Gasteiger partial charge in [-0.25, -0.2) is 4.99 Å². The second-order valence-electron chi connectivity index (χ2n) is 13.9. The van der Waals surface area contributed by atoms with Crippen LogP contribution in [0.1, 0.15) is 57.3 Å². The molecule has 1 heterocycles. The third-order valence-electron chi connectivity index (χ3n) is 10.6. The normalized spacial score (nSPS) is 13.8. The molecule has 0 amide bonds. The van der Waals surface area contributed by atoms with Crippen molar-refractivity contribution in [2.24, 2.45) is 10.7 Å². The first-order valence-electron chi connectivity index (χ1n) is 17.8. The lowest BCUT2D eigenvalue weighted by Gasteiger charge is -2.22. The van der Waals surface area contributed by atoms with E-state index in [0.717, 1.165) is 29.7 Å². The minimum Gasteiger partial charge on any atom is -0.383 e. The van der Waals surface area contributed by atoms with E-state index in [1.165, 1.54) is 71.6 Å². The van der Waals surface area contributed by atoms with E-state index in [-0.39, 0.29) is 5.92 Å². The van der Waals surface area contributed by atoms with Gasteiger partial charge in [-0.05, 0) is 88.2 Å². The van der Waals surface area contributed by atoms with Crippen LogP contribution in [0, 0.1) is 6.92 Å². The number of fused-ring (bicyclic) bond motifs is 6. The molecule has 2 N–H and O–H groups in total. The van der Waals surface area contributed by atoms with Crippen molar-refractivity contribution in [1.29, 1.82) is 0 Å². The second kappa shape index (κ2) is 12.6. The molecular formula is C48H39N3. The Morgan fingerprint density at radius 2 is 1.31 bits per heavy atom. The molecule has 0 aliphatic heterocycles. The van der Waals surface area contributed by atoms with Crippen LogP contribution >= 0.6 is 0 Å². The summed E-state index contributed by atoms with van der Waals surface area (Å²) in [5, 5.41) is 5.07. The highest BCUT2D eigenvalue weighted by Gasteiger charge is 2.20. The largest absolute Gasteiger partial charge is 0.383 e. The number of nitrogens with two attached hydrogens (primary N) is 1. The number of aryl methyl sites for hydroxylation is 1. The highest BCUT2D eigenvalue weighted by atomic mass is 15.0. The van der Waals surface area contributed by atoms with Crippen molar-refractivity contribution in [2.75, 3.05) is 0 Å². The van der Waals surface area contributed by atoms with Crippen LogP contribution in [0.2, 0.25) is 0 Å². The van der Waals surface area contributed by atoms with E-state index in [1.807, 2.05) is 30.3 Å². The molecule has 7 aromatic carbocycles. The monoisotopic (exact) mass is 657 g/mol. The van der Waals surface area contributed by atoms with Crippen molar-refractivity contribution in [3.63, 3.8) is 0 Å². The van der Waals surface area contributed by atoms with E-state index >= 15 is 0 Å². The number of benzene rings is 7. The molecule has 8 aromatic rings. The molecule has 0 saturated carbocycles. The molecule has 1 unspecified atom stereocenters. The number of para-hydroxylation sites is 2. The van der Waals surface area contributed by atoms with Gasteiger partial charge in [-0.1, -0.05) is 140 Å². The number of amidine groups is 1. The van der Waals surface area contributed by atoms with Crippen molar-refractivity contribution < 1.29 is 0 Å². The van der Waals surface area contributed by atoms with E-state index in [1.54, 1.807) is 0 Å². The SMILES string of the molecule is Cc1cccc2c3ccccc3n(-c3ccc4c(c3)Cc3cc5ccc(/C(=C/C(C)c6ccccc6)N=C(N)c6ccccc6)cc5cc3C4)c12. The molecule has 246 valence electrons. The standard InChI is InChI=1S/C48H39N3/c1-31-12-11-18-44-43-17-9-10-19-46(43)51(47(31)44)42-23-22-36-26-39-28-38-27-37(21-20-35(38)25-40(39)29-41(36)30-42)45(24-32(2)33-13-5-3-6-14-33)50-48(49)34-15-7-4-8-16-34/h3-25,27-28,30,32H,26,29H2,1-2H3,(H2,49,50)/b45-24-. The van der Waals surface area contributed by atoms with Gasteiger partial charge < -0.3 is 10.3 Å². The Morgan fingerprint density at radius 3 is 2.14 bits per heavy atom. The summed E-state index contributed by atoms with van der Waals surface area (Å²) >= 11 is 0. The predicted molar refractivity (Wildman–Crippen MR) is 215 cm³/mol. The average Bonchev–Trinajstić information content (AvgIpc) is 3.52. The van der Waals surface area contributed by atoms with Crippen LogP contribution in [-0.2, 0) is 12.8 Å². The van der Waals surface area contributed by atoms with Crippen molar-refractivity contribution in [3.8, 4) is 5.69 Å². The van der Waals surface area contributed by atoms with Crippen molar-refractivity contribution in [3.05, 3.63) is 202 Å². The number of aliphatic imine (C=N–C) groups is 1. The van der Waals surface area contributed by atoms with Gasteiger partial charge in [0.2, 0.25) is 0 Å². The maximum absolute atomic E-state index is 6.61. The second-order valence-corrected chi connectivity index (χ2v) is 13.9. The summed E-state index contributed by atoms with van der Waals surface area (Å²) in [5.74, 6) is 0.681. The topological polar surface area (TPSA) is 43.3 Å². The van der Waals surface area contributed by atoms with Gasteiger partial charge >= 0.3 is 0 Å². The molecule has 3 heteroatoms. The number of rotatable bonds is 6. The highest BCUT2D eigenvalue weighted by Crippen LogP contribution is 2.37. The number of allylic oxidation sites excluding steroid dienone is 1. The van der Waals surface area contributed by atoms with Gasteiger partial charge in [0.25, 0.3) is 0 Å². The van der Waals surface area contributed by atoms with Crippen molar-refractivity contribution in [2.45, 2.75) is 32.6 Å². The Labute approximate surface area is 299 Å². The molecule has 1 aromatic heterocycles. The zero-order valence-electron chi connectivity index (χ0n) is 29.0. The summed E-state index contributed by atoms with van der Waals surface area (Å²) in [6.45, 7) is 4.43. The molecular weight excluding hydrogens is 619 g/mol. The molecule has 1 aliphatic carbocycles. The smallest absolute Gasteiger partial charge is 0.131 e. The van der Waals surface area contributed by atoms with Gasteiger partial charge in [-0.15, -0.1) is 0 Å². The van der Waals surface area contributed by atoms with Crippen LogP contribution in [0.5, 0.6) is 0 Å². The Balaban J connectivity index is 1.09. The third kappa shape index (κ3) is 5.61. The van der Waals surface area contributed by atoms with Gasteiger partial charge in [0.15, 0.2) is 0 Å². The molecule has 0 spiro atoms. The first kappa shape index (κ1) is 30.8. The van der Waals surface area contributed by atoms with E-state index in [0.29, 0.717) is 5.84 Å². The molecule has 0 radical (unpaired) electrons. The van der Waals surface area contributed by atoms with Crippen LogP contribution in [0.25, 0.3) is 44.0 Å². The maximum atomic E-state index is 6.61. The quantitative estimate of drug-likeness (QED) is 0.140. The minimum absolute atomic E-state index is 0.167. The lowest BCUT2D eigenvalue weighted by molar-refractivity contribution is 0.967. The number of nitrogens with zero attached hydrogens (tertiary/aromatic N) is 2. The van der Waals surface area contributed by atoms with E-state index in [9.17, 15) is 0 Å². The Kier molecular flexibility index (Phi) is 7.62. The van der Waals surface area contributed by atoms with Crippen LogP contribution in [0.3, 0.4) is 0 Å². The Bertz CT molecular complexity index is 2660. The summed E-state index contributed by atoms with van der Waals surface area (Å²) in [7, 11) is 0. The predicted octanol–water partition coefficient (Wildman–Crippen LogP) is 11.3. The Hall–Kier alpha value is -6.19. The van der Waals surface area contributed by atoms with Gasteiger partial charge in [0.05, 0.1) is 16.7 Å². The average molecular weight is 658 g/mol. The minimum atomic E-state index is 0.167. The molecule has 1 atom stereocenters. The molecule has 1 aliphatic rings. The molecule has 0 saturated heterocycles. The fourth-order valence-electron chi connectivity index (χ4n) is 7.93. The van der Waals surface area contributed by atoms with Crippen LogP contribution < -0.4 is 5.73 Å². The number of hydrogen-bond donors (Lipinski definition) is 1. The summed E-state index contributed by atoms with van der Waals surface area (Å²) in [5.41, 5.74) is 21.4. The molecule has 3 nitrogen and oxygen atoms in total. The van der Waals surface area contributed by atoms with Gasteiger partial charge in [0, 0.05) is 33.5 Å². The highest BCUT2D eigenvalue weighted by molar-refractivity contribution is 6.10. The third-order valence-corrected chi connectivity index (χ3v) is 10.6. The van der Waals surface area contributed by atoms with E-state index in [4.69, 9.17) is 10.7 Å². The van der Waals surface area contributed by atoms with E-state index < -0.39 is 0 Å². The van der Waals surface area contributed by atoms with E-state index in [2.05, 4.69) is 146 Å². The first-order chi connectivity index (χ1) is 25.0. The fourth-order valence-corrected chi connectivity index (χ4v) is 7.93. The van der Waals surface area contributed by atoms with Crippen molar-refractivity contribution in [1.82, 2.24) is 4.57 Å². The zero-order chi connectivity index (χ0) is 34.5. The molecule has 0 fully saturated rings. The fraction of sp³-hybridized carbons (Fsp3) is 0.104. The van der Waals surface area contributed by atoms with Crippen LogP contribution in [0.4, 0.5) is 0 Å². The summed E-state index contributed by atoms with van der Waals surface area (Å²) < 4.78 is 2.45. The number of aromatic nitrogens is 1. The lowest BCUT2D eigenvalue weighted by Crippen LogP contribution is -2.13. The Morgan fingerprint density at radius 1 is 0.627 bits per heavy atom. The van der Waals surface area contributed by atoms with Crippen molar-refractivity contribution >= 4 is 44.1 Å². The van der Waals surface area contributed by atoms with Crippen LogP contribution in [0.15, 0.2) is 163 Å². The molecule has 9 rings (SSSR count). The van der Waals surface area contributed by atoms with Gasteiger partial charge in [-0.2, -0.15) is 0 Å². The summed E-state index contributed by atoms with van der Waals surface area (Å²) in [6, 6.07) is 54.6. The summed E-state index contributed by atoms with van der Waals surface area (Å²) in [6.07, 6.45) is 4.07.